The first kappa shape index (κ1) is 29.5. The molecule has 4 nitrogen and oxygen atoms in total. The third-order valence-electron chi connectivity index (χ3n) is 10.4. The van der Waals surface area contributed by atoms with Crippen molar-refractivity contribution in [3.05, 3.63) is 176 Å². The van der Waals surface area contributed by atoms with Crippen LogP contribution in [-0.2, 0) is 0 Å². The molecule has 0 radical (unpaired) electrons. The van der Waals surface area contributed by atoms with Crippen LogP contribution in [0.1, 0.15) is 0 Å². The van der Waals surface area contributed by atoms with Crippen LogP contribution in [0.5, 0.6) is 0 Å². The van der Waals surface area contributed by atoms with Crippen LogP contribution in [0.25, 0.3) is 110 Å². The van der Waals surface area contributed by atoms with Gasteiger partial charge < -0.3 is 4.42 Å². The lowest BCUT2D eigenvalue weighted by Gasteiger charge is -2.16. The lowest BCUT2D eigenvalue weighted by atomic mass is 9.90. The minimum Gasteiger partial charge on any atom is -0.455 e. The third kappa shape index (κ3) is 4.66. The van der Waals surface area contributed by atoms with E-state index in [1.165, 1.54) is 0 Å². The van der Waals surface area contributed by atoms with Crippen molar-refractivity contribution in [3.63, 3.8) is 0 Å². The molecular formula is C49H29N3O. The molecule has 0 saturated carbocycles. The van der Waals surface area contributed by atoms with Crippen LogP contribution >= 0.6 is 0 Å². The summed E-state index contributed by atoms with van der Waals surface area (Å²) in [5, 5.41) is 7.49. The first-order valence-electron chi connectivity index (χ1n) is 17.9. The van der Waals surface area contributed by atoms with E-state index in [-0.39, 0.29) is 0 Å². The summed E-state index contributed by atoms with van der Waals surface area (Å²) in [6, 6.07) is 61.1. The first-order valence-corrected chi connectivity index (χ1v) is 17.9. The Kier molecular flexibility index (Phi) is 6.52. The number of rotatable bonds is 4. The predicted molar refractivity (Wildman–Crippen MR) is 219 cm³/mol. The van der Waals surface area contributed by atoms with E-state index in [0.717, 1.165) is 110 Å². The molecule has 0 atom stereocenters. The number of fused-ring (bicyclic) bond motifs is 10. The fourth-order valence-electron chi connectivity index (χ4n) is 7.97. The average molecular weight is 676 g/mol. The second-order valence-corrected chi connectivity index (χ2v) is 13.5. The maximum absolute atomic E-state index is 6.92. The molecule has 0 fully saturated rings. The minimum atomic E-state index is 0.843. The normalized spacial score (nSPS) is 11.8. The van der Waals surface area contributed by atoms with E-state index in [1.54, 1.807) is 0 Å². The van der Waals surface area contributed by atoms with Crippen molar-refractivity contribution in [2.24, 2.45) is 0 Å². The maximum atomic E-state index is 6.92. The summed E-state index contributed by atoms with van der Waals surface area (Å²) in [6.07, 6.45) is 0. The van der Waals surface area contributed by atoms with E-state index in [9.17, 15) is 0 Å². The van der Waals surface area contributed by atoms with E-state index in [4.69, 9.17) is 19.4 Å². The van der Waals surface area contributed by atoms with Crippen LogP contribution in [-0.4, -0.2) is 15.0 Å². The van der Waals surface area contributed by atoms with Gasteiger partial charge in [0.2, 0.25) is 0 Å². The summed E-state index contributed by atoms with van der Waals surface area (Å²) >= 11 is 0. The van der Waals surface area contributed by atoms with Crippen molar-refractivity contribution in [3.8, 4) is 44.9 Å². The zero-order chi connectivity index (χ0) is 34.9. The smallest absolute Gasteiger partial charge is 0.143 e. The quantitative estimate of drug-likeness (QED) is 0.174. The van der Waals surface area contributed by atoms with Crippen LogP contribution in [0.3, 0.4) is 0 Å². The van der Waals surface area contributed by atoms with Crippen LogP contribution < -0.4 is 0 Å². The van der Waals surface area contributed by atoms with Gasteiger partial charge in [0, 0.05) is 60.0 Å². The Balaban J connectivity index is 1.30. The van der Waals surface area contributed by atoms with E-state index in [1.807, 2.05) is 30.3 Å². The van der Waals surface area contributed by atoms with Gasteiger partial charge in [-0.25, -0.2) is 15.0 Å². The topological polar surface area (TPSA) is 51.8 Å². The van der Waals surface area contributed by atoms with Gasteiger partial charge in [0.1, 0.15) is 11.2 Å². The third-order valence-corrected chi connectivity index (χ3v) is 10.4. The number of para-hydroxylation sites is 2. The Bertz CT molecular complexity index is 3210. The minimum absolute atomic E-state index is 0.843. The molecule has 7 aromatic carbocycles. The summed E-state index contributed by atoms with van der Waals surface area (Å²) in [6.45, 7) is 0. The number of hydrogen-bond acceptors (Lipinski definition) is 4. The Morgan fingerprint density at radius 3 is 1.72 bits per heavy atom. The number of benzene rings is 7. The Morgan fingerprint density at radius 1 is 0.377 bits per heavy atom. The summed E-state index contributed by atoms with van der Waals surface area (Å²) in [5.74, 6) is 0. The van der Waals surface area contributed by atoms with E-state index in [2.05, 4.69) is 146 Å². The van der Waals surface area contributed by atoms with Crippen LogP contribution in [0.15, 0.2) is 180 Å². The molecule has 0 amide bonds. The molecule has 4 aromatic heterocycles. The van der Waals surface area contributed by atoms with Gasteiger partial charge in [-0.1, -0.05) is 133 Å². The van der Waals surface area contributed by atoms with Crippen molar-refractivity contribution in [2.45, 2.75) is 0 Å². The van der Waals surface area contributed by atoms with E-state index >= 15 is 0 Å². The lowest BCUT2D eigenvalue weighted by molar-refractivity contribution is 0.670. The molecule has 0 N–H and O–H groups in total. The average Bonchev–Trinajstić information content (AvgIpc) is 3.63. The second kappa shape index (κ2) is 11.7. The summed E-state index contributed by atoms with van der Waals surface area (Å²) in [4.78, 5) is 16.0. The maximum Gasteiger partial charge on any atom is 0.143 e. The van der Waals surface area contributed by atoms with Gasteiger partial charge in [-0.3, -0.25) is 0 Å². The summed E-state index contributed by atoms with van der Waals surface area (Å²) < 4.78 is 6.92. The molecular weight excluding hydrogens is 647 g/mol. The van der Waals surface area contributed by atoms with Crippen molar-refractivity contribution in [1.29, 1.82) is 0 Å². The van der Waals surface area contributed by atoms with Crippen molar-refractivity contribution < 1.29 is 4.42 Å². The zero-order valence-electron chi connectivity index (χ0n) is 28.5. The molecule has 4 heteroatoms. The highest BCUT2D eigenvalue weighted by Crippen LogP contribution is 2.47. The lowest BCUT2D eigenvalue weighted by Crippen LogP contribution is -1.95. The number of aromatic nitrogens is 3. The molecule has 0 aliphatic heterocycles. The number of hydrogen-bond donors (Lipinski definition) is 0. The van der Waals surface area contributed by atoms with Gasteiger partial charge >= 0.3 is 0 Å². The fourth-order valence-corrected chi connectivity index (χ4v) is 7.97. The zero-order valence-corrected chi connectivity index (χ0v) is 28.5. The molecule has 0 aliphatic rings. The van der Waals surface area contributed by atoms with Crippen molar-refractivity contribution >= 4 is 65.4 Å². The SMILES string of the molecule is c1ccc(-c2ccc3cc(-c4cc5c(-c6ccccc6)nc6ccccc6c5c5c4oc4ccccc45)c4ccc(-c5ccccc5)nc4c3n2)cc1. The van der Waals surface area contributed by atoms with Crippen LogP contribution in [0.4, 0.5) is 0 Å². The Morgan fingerprint density at radius 2 is 0.981 bits per heavy atom. The monoisotopic (exact) mass is 675 g/mol. The Labute approximate surface area is 304 Å². The molecule has 11 rings (SSSR count). The molecule has 0 bridgehead atoms. The van der Waals surface area contributed by atoms with Gasteiger partial charge in [0.05, 0.1) is 33.6 Å². The predicted octanol–water partition coefficient (Wildman–Crippen LogP) is 13.1. The highest BCUT2D eigenvalue weighted by molar-refractivity contribution is 6.31. The molecule has 0 aliphatic carbocycles. The molecule has 0 spiro atoms. The highest BCUT2D eigenvalue weighted by Gasteiger charge is 2.23. The van der Waals surface area contributed by atoms with Gasteiger partial charge in [0.25, 0.3) is 0 Å². The largest absolute Gasteiger partial charge is 0.455 e. The van der Waals surface area contributed by atoms with Crippen LogP contribution in [0, 0.1) is 0 Å². The Hall–Kier alpha value is -7.17. The van der Waals surface area contributed by atoms with Crippen molar-refractivity contribution in [2.75, 3.05) is 0 Å². The standard InChI is InChI=1S/C49H29N3O/c1-4-14-30(15-5-1)40-26-24-33-28-37(34-25-27-41(31-16-6-2-7-17-31)51-48(34)47(33)50-40)38-29-39-44(45-36-21-11-13-23-43(36)53-49(38)45)35-20-10-12-22-42(35)52-46(39)32-18-8-3-9-19-32/h1-29H. The molecule has 53 heavy (non-hydrogen) atoms. The molecule has 0 unspecified atom stereocenters. The number of furan rings is 1. The van der Waals surface area contributed by atoms with E-state index < -0.39 is 0 Å². The fraction of sp³-hybridized carbons (Fsp3) is 0. The van der Waals surface area contributed by atoms with Gasteiger partial charge in [-0.15, -0.1) is 0 Å². The number of nitrogens with zero attached hydrogens (tertiary/aromatic N) is 3. The van der Waals surface area contributed by atoms with Gasteiger partial charge in [0.15, 0.2) is 0 Å². The van der Waals surface area contributed by atoms with Crippen LogP contribution in [0.2, 0.25) is 0 Å². The molecule has 0 saturated heterocycles. The first-order chi connectivity index (χ1) is 26.3. The number of pyridine rings is 3. The van der Waals surface area contributed by atoms with Crippen molar-refractivity contribution in [1.82, 2.24) is 15.0 Å². The summed E-state index contributed by atoms with van der Waals surface area (Å²) in [5.41, 5.74) is 12.3. The summed E-state index contributed by atoms with van der Waals surface area (Å²) in [7, 11) is 0. The van der Waals surface area contributed by atoms with Gasteiger partial charge in [-0.2, -0.15) is 0 Å². The molecule has 11 aromatic rings. The van der Waals surface area contributed by atoms with Gasteiger partial charge in [-0.05, 0) is 48.0 Å². The second-order valence-electron chi connectivity index (χ2n) is 13.5. The molecule has 246 valence electrons. The highest BCUT2D eigenvalue weighted by atomic mass is 16.3. The molecule has 4 heterocycles. The van der Waals surface area contributed by atoms with E-state index in [0.29, 0.717) is 0 Å².